The molecule has 7 nitrogen and oxygen atoms in total. The first kappa shape index (κ1) is 15.9. The van der Waals surface area contributed by atoms with Crippen LogP contribution in [0.3, 0.4) is 0 Å². The summed E-state index contributed by atoms with van der Waals surface area (Å²) in [6.45, 7) is 1.34. The van der Waals surface area contributed by atoms with Gasteiger partial charge in [-0.1, -0.05) is 6.42 Å². The number of aryl methyl sites for hydroxylation is 1. The number of benzene rings is 1. The summed E-state index contributed by atoms with van der Waals surface area (Å²) in [5, 5.41) is 19.8. The summed E-state index contributed by atoms with van der Waals surface area (Å²) in [7, 11) is -3.75. The molecule has 0 unspecified atom stereocenters. The number of aliphatic hydroxyl groups excluding tert-OH is 1. The van der Waals surface area contributed by atoms with Gasteiger partial charge in [0.15, 0.2) is 0 Å². The predicted molar refractivity (Wildman–Crippen MR) is 76.5 cm³/mol. The molecule has 1 aliphatic carbocycles. The molecule has 0 bridgehead atoms. The van der Waals surface area contributed by atoms with Crippen LogP contribution in [0.15, 0.2) is 23.1 Å². The minimum absolute atomic E-state index is 0.0451. The van der Waals surface area contributed by atoms with E-state index in [0.29, 0.717) is 5.56 Å². The maximum absolute atomic E-state index is 12.7. The molecule has 21 heavy (non-hydrogen) atoms. The van der Waals surface area contributed by atoms with E-state index in [1.165, 1.54) is 29.4 Å². The second kappa shape index (κ2) is 6.08. The molecule has 0 spiro atoms. The molecule has 116 valence electrons. The molecule has 1 aromatic carbocycles. The van der Waals surface area contributed by atoms with Crippen molar-refractivity contribution in [3.8, 4) is 0 Å². The molecule has 0 aliphatic heterocycles. The molecule has 0 atom stereocenters. The largest absolute Gasteiger partial charge is 0.395 e. The lowest BCUT2D eigenvalue weighted by Crippen LogP contribution is -2.45. The highest BCUT2D eigenvalue weighted by Gasteiger charge is 2.35. The molecule has 1 N–H and O–H groups in total. The van der Waals surface area contributed by atoms with Gasteiger partial charge in [0.2, 0.25) is 10.0 Å². The normalized spacial score (nSPS) is 16.0. The number of hydrogen-bond donors (Lipinski definition) is 1. The van der Waals surface area contributed by atoms with E-state index in [1.54, 1.807) is 0 Å². The Balaban J connectivity index is 2.39. The lowest BCUT2D eigenvalue weighted by atomic mass is 9.93. The lowest BCUT2D eigenvalue weighted by Gasteiger charge is -2.36. The molecule has 1 fully saturated rings. The molecular formula is C13H18N2O5S. The topological polar surface area (TPSA) is 101 Å². The van der Waals surface area contributed by atoms with Crippen molar-refractivity contribution < 1.29 is 18.4 Å². The Hall–Kier alpha value is -1.51. The summed E-state index contributed by atoms with van der Waals surface area (Å²) in [5.41, 5.74) is 0.204. The van der Waals surface area contributed by atoms with Gasteiger partial charge in [-0.05, 0) is 31.4 Å². The SMILES string of the molecule is Cc1cc([N+](=O)[O-])ccc1S(=O)(=O)N(CCO)C1CCC1. The van der Waals surface area contributed by atoms with Crippen LogP contribution >= 0.6 is 0 Å². The Labute approximate surface area is 123 Å². The van der Waals surface area contributed by atoms with Crippen molar-refractivity contribution in [1.82, 2.24) is 4.31 Å². The number of nitrogens with zero attached hydrogens (tertiary/aromatic N) is 2. The Bertz CT molecular complexity index is 640. The second-order valence-corrected chi connectivity index (χ2v) is 6.99. The van der Waals surface area contributed by atoms with Crippen molar-refractivity contribution in [3.05, 3.63) is 33.9 Å². The van der Waals surface area contributed by atoms with E-state index in [0.717, 1.165) is 19.3 Å². The Morgan fingerprint density at radius 3 is 2.52 bits per heavy atom. The van der Waals surface area contributed by atoms with Crippen LogP contribution in [0.25, 0.3) is 0 Å². The fraction of sp³-hybridized carbons (Fsp3) is 0.538. The summed E-state index contributed by atoms with van der Waals surface area (Å²) in [4.78, 5) is 10.2. The van der Waals surface area contributed by atoms with E-state index in [2.05, 4.69) is 0 Å². The number of aliphatic hydroxyl groups is 1. The van der Waals surface area contributed by atoms with E-state index in [-0.39, 0.29) is 29.8 Å². The van der Waals surface area contributed by atoms with Gasteiger partial charge in [0, 0.05) is 24.7 Å². The van der Waals surface area contributed by atoms with E-state index < -0.39 is 14.9 Å². The third kappa shape index (κ3) is 3.07. The molecule has 2 rings (SSSR count). The number of non-ortho nitro benzene ring substituents is 1. The third-order valence-corrected chi connectivity index (χ3v) is 5.87. The molecule has 1 aliphatic rings. The van der Waals surface area contributed by atoms with Gasteiger partial charge in [-0.25, -0.2) is 8.42 Å². The van der Waals surface area contributed by atoms with Gasteiger partial charge in [-0.2, -0.15) is 4.31 Å². The molecule has 0 amide bonds. The van der Waals surface area contributed by atoms with Crippen molar-refractivity contribution in [2.45, 2.75) is 37.1 Å². The van der Waals surface area contributed by atoms with Gasteiger partial charge in [0.1, 0.15) is 0 Å². The highest BCUT2D eigenvalue weighted by atomic mass is 32.2. The minimum Gasteiger partial charge on any atom is -0.395 e. The zero-order valence-corrected chi connectivity index (χ0v) is 12.5. The molecule has 0 aromatic heterocycles. The first-order valence-electron chi connectivity index (χ1n) is 6.75. The first-order chi connectivity index (χ1) is 9.87. The quantitative estimate of drug-likeness (QED) is 0.632. The number of rotatable bonds is 6. The van der Waals surface area contributed by atoms with Crippen LogP contribution in [0.1, 0.15) is 24.8 Å². The van der Waals surface area contributed by atoms with E-state index >= 15 is 0 Å². The first-order valence-corrected chi connectivity index (χ1v) is 8.19. The maximum atomic E-state index is 12.7. The van der Waals surface area contributed by atoms with Gasteiger partial charge in [0.05, 0.1) is 16.4 Å². The number of nitro benzene ring substituents is 1. The fourth-order valence-corrected chi connectivity index (χ4v) is 4.32. The van der Waals surface area contributed by atoms with Gasteiger partial charge in [-0.15, -0.1) is 0 Å². The molecular weight excluding hydrogens is 296 g/mol. The zero-order chi connectivity index (χ0) is 15.6. The van der Waals surface area contributed by atoms with E-state index in [4.69, 9.17) is 5.11 Å². The van der Waals surface area contributed by atoms with Gasteiger partial charge in [0.25, 0.3) is 5.69 Å². The molecule has 0 radical (unpaired) electrons. The molecule has 0 saturated heterocycles. The molecule has 1 aromatic rings. The summed E-state index contributed by atoms with van der Waals surface area (Å²) in [6.07, 6.45) is 2.54. The number of hydrogen-bond acceptors (Lipinski definition) is 5. The number of nitro groups is 1. The summed E-state index contributed by atoms with van der Waals surface area (Å²) >= 11 is 0. The van der Waals surface area contributed by atoms with Crippen LogP contribution in [0, 0.1) is 17.0 Å². The molecule has 8 heteroatoms. The zero-order valence-electron chi connectivity index (χ0n) is 11.7. The molecule has 0 heterocycles. The second-order valence-electron chi connectivity index (χ2n) is 5.13. The summed E-state index contributed by atoms with van der Waals surface area (Å²) in [5.74, 6) is 0. The Kier molecular flexibility index (Phi) is 4.60. The third-order valence-electron chi connectivity index (χ3n) is 3.76. The standard InChI is InChI=1S/C13H18N2O5S/c1-10-9-12(15(17)18)5-6-13(10)21(19,20)14(7-8-16)11-3-2-4-11/h5-6,9,11,16H,2-4,7-8H2,1H3. The maximum Gasteiger partial charge on any atom is 0.269 e. The summed E-state index contributed by atoms with van der Waals surface area (Å²) in [6, 6.07) is 3.63. The van der Waals surface area contributed by atoms with Crippen molar-refractivity contribution in [1.29, 1.82) is 0 Å². The average molecular weight is 314 g/mol. The Morgan fingerprint density at radius 1 is 1.43 bits per heavy atom. The van der Waals surface area contributed by atoms with Gasteiger partial charge < -0.3 is 5.11 Å². The average Bonchev–Trinajstić information content (AvgIpc) is 2.35. The number of sulfonamides is 1. The van der Waals surface area contributed by atoms with Crippen LogP contribution in [-0.2, 0) is 10.0 Å². The van der Waals surface area contributed by atoms with Crippen molar-refractivity contribution in [2.24, 2.45) is 0 Å². The van der Waals surface area contributed by atoms with Crippen LogP contribution in [0.2, 0.25) is 0 Å². The van der Waals surface area contributed by atoms with E-state index in [1.807, 2.05) is 0 Å². The van der Waals surface area contributed by atoms with Crippen LogP contribution in [0.5, 0.6) is 0 Å². The van der Waals surface area contributed by atoms with Crippen LogP contribution in [-0.4, -0.2) is 41.9 Å². The fourth-order valence-electron chi connectivity index (χ4n) is 2.44. The lowest BCUT2D eigenvalue weighted by molar-refractivity contribution is -0.385. The van der Waals surface area contributed by atoms with Crippen molar-refractivity contribution >= 4 is 15.7 Å². The van der Waals surface area contributed by atoms with Crippen molar-refractivity contribution in [3.63, 3.8) is 0 Å². The van der Waals surface area contributed by atoms with Gasteiger partial charge in [-0.3, -0.25) is 10.1 Å². The summed E-state index contributed by atoms with van der Waals surface area (Å²) < 4.78 is 26.7. The monoisotopic (exact) mass is 314 g/mol. The highest BCUT2D eigenvalue weighted by molar-refractivity contribution is 7.89. The smallest absolute Gasteiger partial charge is 0.269 e. The van der Waals surface area contributed by atoms with Gasteiger partial charge >= 0.3 is 0 Å². The van der Waals surface area contributed by atoms with Crippen LogP contribution in [0.4, 0.5) is 5.69 Å². The van der Waals surface area contributed by atoms with Crippen molar-refractivity contribution in [2.75, 3.05) is 13.2 Å². The highest BCUT2D eigenvalue weighted by Crippen LogP contribution is 2.31. The molecule has 1 saturated carbocycles. The minimum atomic E-state index is -3.75. The Morgan fingerprint density at radius 2 is 2.10 bits per heavy atom. The van der Waals surface area contributed by atoms with Crippen LogP contribution < -0.4 is 0 Å². The predicted octanol–water partition coefficient (Wildman–Crippen LogP) is 1.44. The van der Waals surface area contributed by atoms with E-state index in [9.17, 15) is 18.5 Å².